The highest BCUT2D eigenvalue weighted by Crippen LogP contribution is 2.25. The van der Waals surface area contributed by atoms with Crippen LogP contribution in [-0.2, 0) is 17.8 Å². The minimum atomic E-state index is -0.989. The number of carboxylic acid groups (broad SMARTS) is 1. The molecule has 7 heteroatoms. The van der Waals surface area contributed by atoms with Crippen LogP contribution < -0.4 is 10.1 Å². The van der Waals surface area contributed by atoms with Gasteiger partial charge in [0.25, 0.3) is 0 Å². The Labute approximate surface area is 198 Å². The zero-order chi connectivity index (χ0) is 24.1. The highest BCUT2D eigenvalue weighted by molar-refractivity contribution is 5.87. The Morgan fingerprint density at radius 3 is 2.44 bits per heavy atom. The van der Waals surface area contributed by atoms with Gasteiger partial charge in [0.2, 0.25) is 5.91 Å². The van der Waals surface area contributed by atoms with Crippen LogP contribution in [0.1, 0.15) is 40.0 Å². The maximum atomic E-state index is 13.9. The largest absolute Gasteiger partial charge is 0.489 e. The molecule has 34 heavy (non-hydrogen) atoms. The second-order valence-electron chi connectivity index (χ2n) is 8.40. The first-order chi connectivity index (χ1) is 16.4. The monoisotopic (exact) mass is 462 g/mol. The number of carboxylic acids is 1. The third-order valence-corrected chi connectivity index (χ3v) is 6.14. The van der Waals surface area contributed by atoms with E-state index < -0.39 is 17.8 Å². The lowest BCUT2D eigenvalue weighted by molar-refractivity contribution is -0.127. The minimum Gasteiger partial charge on any atom is -0.489 e. The molecule has 2 N–H and O–H groups in total. The Hall–Kier alpha value is -3.71. The number of aromatic carboxylic acids is 1. The van der Waals surface area contributed by atoms with Gasteiger partial charge in [-0.3, -0.25) is 9.69 Å². The fraction of sp³-hybridized carbons (Fsp3) is 0.259. The number of hydrogen-bond acceptors (Lipinski definition) is 4. The summed E-state index contributed by atoms with van der Waals surface area (Å²) >= 11 is 0. The van der Waals surface area contributed by atoms with Gasteiger partial charge in [0, 0.05) is 13.1 Å². The van der Waals surface area contributed by atoms with Crippen molar-refractivity contribution in [1.82, 2.24) is 10.2 Å². The van der Waals surface area contributed by atoms with Crippen LogP contribution in [0.5, 0.6) is 5.75 Å². The van der Waals surface area contributed by atoms with Crippen molar-refractivity contribution >= 4 is 11.9 Å². The smallest absolute Gasteiger partial charge is 0.335 e. The number of fused-ring (bicyclic) bond motifs is 1. The van der Waals surface area contributed by atoms with Crippen LogP contribution in [0.3, 0.4) is 0 Å². The molecular formula is C27H27FN2O4. The summed E-state index contributed by atoms with van der Waals surface area (Å²) in [4.78, 5) is 26.5. The molecule has 4 rings (SSSR count). The van der Waals surface area contributed by atoms with Gasteiger partial charge in [-0.05, 0) is 54.3 Å². The number of rotatable bonds is 8. The standard InChI is InChI=1S/C27H27FN2O4/c1-18(19-10-12-20(13-11-19)27(32)33)29-26(31)24-16-21-6-2-3-7-22(21)17-30(24)14-15-34-25-9-5-4-8-23(25)28/h2-13,18,24H,14-17H2,1H3,(H,29,31)(H,32,33). The van der Waals surface area contributed by atoms with Crippen molar-refractivity contribution in [3.8, 4) is 5.75 Å². The van der Waals surface area contributed by atoms with Gasteiger partial charge in [0.05, 0.1) is 17.6 Å². The maximum absolute atomic E-state index is 13.9. The van der Waals surface area contributed by atoms with E-state index in [1.807, 2.05) is 25.1 Å². The number of nitrogens with one attached hydrogen (secondary N) is 1. The number of para-hydroxylation sites is 1. The Kier molecular flexibility index (Phi) is 7.23. The number of carbonyl (C=O) groups excluding carboxylic acids is 1. The van der Waals surface area contributed by atoms with E-state index in [9.17, 15) is 14.0 Å². The summed E-state index contributed by atoms with van der Waals surface area (Å²) in [5, 5.41) is 12.2. The van der Waals surface area contributed by atoms with Crippen molar-refractivity contribution < 1.29 is 23.8 Å². The third kappa shape index (κ3) is 5.43. The molecule has 0 spiro atoms. The number of halogens is 1. The molecule has 3 aromatic rings. The van der Waals surface area contributed by atoms with Gasteiger partial charge < -0.3 is 15.2 Å². The summed E-state index contributed by atoms with van der Waals surface area (Å²) in [6.45, 7) is 3.17. The summed E-state index contributed by atoms with van der Waals surface area (Å²) < 4.78 is 19.5. The second kappa shape index (κ2) is 10.5. The molecule has 176 valence electrons. The Balaban J connectivity index is 1.45. The molecule has 0 aromatic heterocycles. The van der Waals surface area contributed by atoms with Gasteiger partial charge in [0.15, 0.2) is 11.6 Å². The number of nitrogens with zero attached hydrogens (tertiary/aromatic N) is 1. The molecule has 0 fully saturated rings. The second-order valence-corrected chi connectivity index (χ2v) is 8.40. The van der Waals surface area contributed by atoms with E-state index in [1.165, 1.54) is 18.2 Å². The Morgan fingerprint density at radius 1 is 1.06 bits per heavy atom. The van der Waals surface area contributed by atoms with Crippen LogP contribution >= 0.6 is 0 Å². The molecule has 6 nitrogen and oxygen atoms in total. The van der Waals surface area contributed by atoms with Crippen LogP contribution in [-0.4, -0.2) is 41.1 Å². The first-order valence-electron chi connectivity index (χ1n) is 11.2. The predicted molar refractivity (Wildman–Crippen MR) is 126 cm³/mol. The van der Waals surface area contributed by atoms with Crippen molar-refractivity contribution in [2.24, 2.45) is 0 Å². The van der Waals surface area contributed by atoms with Crippen molar-refractivity contribution in [2.75, 3.05) is 13.2 Å². The summed E-state index contributed by atoms with van der Waals surface area (Å²) in [6, 6.07) is 20.1. The van der Waals surface area contributed by atoms with Gasteiger partial charge in [-0.2, -0.15) is 0 Å². The summed E-state index contributed by atoms with van der Waals surface area (Å²) in [7, 11) is 0. The molecule has 1 amide bonds. The fourth-order valence-electron chi connectivity index (χ4n) is 4.21. The highest BCUT2D eigenvalue weighted by atomic mass is 19.1. The lowest BCUT2D eigenvalue weighted by Gasteiger charge is -2.36. The molecule has 2 atom stereocenters. The lowest BCUT2D eigenvalue weighted by Crippen LogP contribution is -2.51. The van der Waals surface area contributed by atoms with Crippen LogP contribution in [0.15, 0.2) is 72.8 Å². The summed E-state index contributed by atoms with van der Waals surface area (Å²) in [5.74, 6) is -1.32. The fourth-order valence-corrected chi connectivity index (χ4v) is 4.21. The van der Waals surface area contributed by atoms with Crippen LogP contribution in [0, 0.1) is 5.82 Å². The van der Waals surface area contributed by atoms with E-state index in [0.29, 0.717) is 19.5 Å². The molecule has 0 bridgehead atoms. The van der Waals surface area contributed by atoms with Crippen molar-refractivity contribution in [2.45, 2.75) is 32.0 Å². The first-order valence-corrected chi connectivity index (χ1v) is 11.2. The molecule has 2 unspecified atom stereocenters. The minimum absolute atomic E-state index is 0.116. The van der Waals surface area contributed by atoms with E-state index in [1.54, 1.807) is 30.3 Å². The third-order valence-electron chi connectivity index (χ3n) is 6.14. The van der Waals surface area contributed by atoms with E-state index in [2.05, 4.69) is 16.3 Å². The Morgan fingerprint density at radius 2 is 1.74 bits per heavy atom. The molecule has 1 aliphatic rings. The van der Waals surface area contributed by atoms with E-state index in [4.69, 9.17) is 9.84 Å². The summed E-state index contributed by atoms with van der Waals surface area (Å²) in [6.07, 6.45) is 0.562. The molecular weight excluding hydrogens is 435 g/mol. The van der Waals surface area contributed by atoms with Crippen molar-refractivity contribution in [1.29, 1.82) is 0 Å². The van der Waals surface area contributed by atoms with Gasteiger partial charge in [-0.15, -0.1) is 0 Å². The van der Waals surface area contributed by atoms with Gasteiger partial charge in [-0.1, -0.05) is 48.5 Å². The van der Waals surface area contributed by atoms with Crippen molar-refractivity contribution in [3.05, 3.63) is 101 Å². The Bertz CT molecular complexity index is 1170. The van der Waals surface area contributed by atoms with E-state index in [0.717, 1.165) is 16.7 Å². The molecule has 1 heterocycles. The van der Waals surface area contributed by atoms with Crippen LogP contribution in [0.4, 0.5) is 4.39 Å². The molecule has 1 aliphatic heterocycles. The van der Waals surface area contributed by atoms with E-state index in [-0.39, 0.29) is 29.9 Å². The number of amides is 1. The summed E-state index contributed by atoms with van der Waals surface area (Å²) in [5.41, 5.74) is 3.32. The predicted octanol–water partition coefficient (Wildman–Crippen LogP) is 4.21. The number of hydrogen-bond donors (Lipinski definition) is 2. The molecule has 3 aromatic carbocycles. The molecule has 0 aliphatic carbocycles. The topological polar surface area (TPSA) is 78.9 Å². The van der Waals surface area contributed by atoms with Crippen molar-refractivity contribution in [3.63, 3.8) is 0 Å². The maximum Gasteiger partial charge on any atom is 0.335 e. The highest BCUT2D eigenvalue weighted by Gasteiger charge is 2.32. The lowest BCUT2D eigenvalue weighted by atomic mass is 9.93. The number of ether oxygens (including phenoxy) is 1. The van der Waals surface area contributed by atoms with Crippen LogP contribution in [0.25, 0.3) is 0 Å². The average molecular weight is 463 g/mol. The van der Waals surface area contributed by atoms with Gasteiger partial charge in [0.1, 0.15) is 6.61 Å². The van der Waals surface area contributed by atoms with Crippen LogP contribution in [0.2, 0.25) is 0 Å². The zero-order valence-corrected chi connectivity index (χ0v) is 18.9. The van der Waals surface area contributed by atoms with E-state index >= 15 is 0 Å². The molecule has 0 saturated heterocycles. The van der Waals surface area contributed by atoms with Gasteiger partial charge >= 0.3 is 5.97 Å². The first kappa shape index (κ1) is 23.4. The van der Waals surface area contributed by atoms with Gasteiger partial charge in [-0.25, -0.2) is 9.18 Å². The average Bonchev–Trinajstić information content (AvgIpc) is 2.84. The molecule has 0 radical (unpaired) electrons. The molecule has 0 saturated carbocycles. The SMILES string of the molecule is CC(NC(=O)C1Cc2ccccc2CN1CCOc1ccccc1F)c1ccc(C(=O)O)cc1. The normalized spacial score (nSPS) is 16.4. The zero-order valence-electron chi connectivity index (χ0n) is 18.9. The number of carbonyl (C=O) groups is 2. The quantitative estimate of drug-likeness (QED) is 0.524. The number of benzene rings is 3.